The molecule has 2 aliphatic rings. The van der Waals surface area contributed by atoms with Crippen LogP contribution in [0.25, 0.3) is 0 Å². The van der Waals surface area contributed by atoms with Crippen LogP contribution in [0.15, 0.2) is 30.3 Å². The molecule has 6 nitrogen and oxygen atoms in total. The molecule has 35 heavy (non-hydrogen) atoms. The molecule has 0 saturated carbocycles. The Balaban J connectivity index is 1.35. The van der Waals surface area contributed by atoms with E-state index in [4.69, 9.17) is 14.2 Å². The highest BCUT2D eigenvalue weighted by Gasteiger charge is 2.30. The molecule has 190 valence electrons. The maximum absolute atomic E-state index is 13.0. The Bertz CT molecular complexity index is 999. The van der Waals surface area contributed by atoms with Crippen LogP contribution < -0.4 is 14.8 Å². The summed E-state index contributed by atoms with van der Waals surface area (Å²) < 4.78 is 16.9. The van der Waals surface area contributed by atoms with E-state index in [1.54, 1.807) is 7.11 Å². The van der Waals surface area contributed by atoms with Gasteiger partial charge in [-0.1, -0.05) is 19.1 Å². The quantitative estimate of drug-likeness (QED) is 0.586. The summed E-state index contributed by atoms with van der Waals surface area (Å²) in [5, 5.41) is 3.14. The molecule has 0 spiro atoms. The highest BCUT2D eigenvalue weighted by molar-refractivity contribution is 5.78. The molecule has 0 unspecified atom stereocenters. The number of fused-ring (bicyclic) bond motifs is 1. The lowest BCUT2D eigenvalue weighted by atomic mass is 9.74. The third-order valence-electron chi connectivity index (χ3n) is 7.76. The Hall–Kier alpha value is -2.57. The predicted molar refractivity (Wildman–Crippen MR) is 138 cm³/mol. The maximum atomic E-state index is 13.0. The summed E-state index contributed by atoms with van der Waals surface area (Å²) in [7, 11) is 1.66. The second-order valence-electron chi connectivity index (χ2n) is 9.93. The van der Waals surface area contributed by atoms with Gasteiger partial charge in [0.25, 0.3) is 0 Å². The maximum Gasteiger partial charge on any atom is 0.223 e. The first kappa shape index (κ1) is 25.5. The van der Waals surface area contributed by atoms with Gasteiger partial charge in [0.1, 0.15) is 18.1 Å². The van der Waals surface area contributed by atoms with E-state index in [1.807, 2.05) is 24.3 Å². The van der Waals surface area contributed by atoms with E-state index >= 15 is 0 Å². The van der Waals surface area contributed by atoms with Crippen molar-refractivity contribution in [3.05, 3.63) is 58.1 Å². The molecule has 2 aromatic carbocycles. The van der Waals surface area contributed by atoms with Gasteiger partial charge in [-0.3, -0.25) is 9.69 Å². The number of hydrogen-bond donors (Lipinski definition) is 1. The van der Waals surface area contributed by atoms with Crippen LogP contribution in [-0.4, -0.2) is 57.4 Å². The molecule has 0 aromatic heterocycles. The smallest absolute Gasteiger partial charge is 0.223 e. The van der Waals surface area contributed by atoms with Gasteiger partial charge in [0, 0.05) is 32.1 Å². The lowest BCUT2D eigenvalue weighted by molar-refractivity contribution is -0.126. The fourth-order valence-electron chi connectivity index (χ4n) is 5.32. The van der Waals surface area contributed by atoms with Crippen LogP contribution in [0.1, 0.15) is 41.2 Å². The minimum absolute atomic E-state index is 0.0352. The van der Waals surface area contributed by atoms with Gasteiger partial charge in [-0.2, -0.15) is 0 Å². The van der Waals surface area contributed by atoms with Crippen LogP contribution in [-0.2, 0) is 28.9 Å². The van der Waals surface area contributed by atoms with Gasteiger partial charge < -0.3 is 19.5 Å². The molecular weight excluding hydrogens is 440 g/mol. The Kier molecular flexibility index (Phi) is 8.69. The predicted octanol–water partition coefficient (Wildman–Crippen LogP) is 4.08. The van der Waals surface area contributed by atoms with E-state index in [-0.39, 0.29) is 11.8 Å². The van der Waals surface area contributed by atoms with Crippen molar-refractivity contribution in [1.29, 1.82) is 0 Å². The van der Waals surface area contributed by atoms with E-state index in [2.05, 4.69) is 37.1 Å². The molecule has 2 aromatic rings. The molecule has 1 aliphatic carbocycles. The van der Waals surface area contributed by atoms with E-state index in [0.29, 0.717) is 19.1 Å². The number of carbonyl (C=O) groups is 1. The molecule has 2 atom stereocenters. The lowest BCUT2D eigenvalue weighted by Crippen LogP contribution is -2.38. The van der Waals surface area contributed by atoms with Crippen molar-refractivity contribution in [2.45, 2.75) is 46.6 Å². The zero-order valence-corrected chi connectivity index (χ0v) is 21.7. The average Bonchev–Trinajstić information content (AvgIpc) is 2.90. The molecule has 0 radical (unpaired) electrons. The third kappa shape index (κ3) is 6.36. The minimum atomic E-state index is -0.0352. The Labute approximate surface area is 209 Å². The van der Waals surface area contributed by atoms with Crippen molar-refractivity contribution < 1.29 is 19.0 Å². The lowest BCUT2D eigenvalue weighted by Gasteiger charge is -2.32. The molecule has 6 heteroatoms. The fourth-order valence-corrected chi connectivity index (χ4v) is 5.32. The molecule has 1 N–H and O–H groups in total. The van der Waals surface area contributed by atoms with Gasteiger partial charge in [0.05, 0.1) is 20.3 Å². The van der Waals surface area contributed by atoms with Crippen molar-refractivity contribution in [3.8, 4) is 11.5 Å². The number of carbonyl (C=O) groups excluding carboxylic acids is 1. The first-order valence-electron chi connectivity index (χ1n) is 12.9. The summed E-state index contributed by atoms with van der Waals surface area (Å²) in [5.74, 6) is 2.24. The molecule has 1 amide bonds. The Morgan fingerprint density at radius 1 is 1.17 bits per heavy atom. The summed E-state index contributed by atoms with van der Waals surface area (Å²) >= 11 is 0. The minimum Gasteiger partial charge on any atom is -0.497 e. The Morgan fingerprint density at radius 2 is 1.91 bits per heavy atom. The normalized spacial score (nSPS) is 19.0. The topological polar surface area (TPSA) is 60.0 Å². The number of nitrogens with one attached hydrogen (secondary N) is 1. The largest absolute Gasteiger partial charge is 0.497 e. The van der Waals surface area contributed by atoms with Crippen LogP contribution in [0.2, 0.25) is 0 Å². The molecular formula is C29H40N2O4. The van der Waals surface area contributed by atoms with E-state index < -0.39 is 0 Å². The number of nitrogens with zero attached hydrogens (tertiary/aromatic N) is 1. The molecule has 1 fully saturated rings. The zero-order valence-electron chi connectivity index (χ0n) is 21.7. The summed E-state index contributed by atoms with van der Waals surface area (Å²) in [6.45, 7) is 12.2. The molecule has 0 bridgehead atoms. The van der Waals surface area contributed by atoms with Gasteiger partial charge in [0.2, 0.25) is 5.91 Å². The van der Waals surface area contributed by atoms with Crippen LogP contribution in [0.4, 0.5) is 0 Å². The van der Waals surface area contributed by atoms with Gasteiger partial charge in [-0.05, 0) is 85.0 Å². The summed E-state index contributed by atoms with van der Waals surface area (Å²) in [6, 6.07) is 10.0. The van der Waals surface area contributed by atoms with E-state index in [1.165, 1.54) is 22.3 Å². The van der Waals surface area contributed by atoms with Gasteiger partial charge >= 0.3 is 0 Å². The number of benzene rings is 2. The third-order valence-corrected chi connectivity index (χ3v) is 7.76. The summed E-state index contributed by atoms with van der Waals surface area (Å²) in [6.07, 6.45) is 3.00. The van der Waals surface area contributed by atoms with Crippen LogP contribution in [0.5, 0.6) is 11.5 Å². The second kappa shape index (κ2) is 11.9. The van der Waals surface area contributed by atoms with Crippen molar-refractivity contribution in [3.63, 3.8) is 0 Å². The van der Waals surface area contributed by atoms with Crippen LogP contribution in [0, 0.1) is 25.7 Å². The van der Waals surface area contributed by atoms with Gasteiger partial charge in [-0.25, -0.2) is 0 Å². The summed E-state index contributed by atoms with van der Waals surface area (Å²) in [4.78, 5) is 15.4. The van der Waals surface area contributed by atoms with E-state index in [0.717, 1.165) is 69.2 Å². The molecule has 4 rings (SSSR count). The average molecular weight is 481 g/mol. The number of methoxy groups -OCH3 is 1. The van der Waals surface area contributed by atoms with E-state index in [9.17, 15) is 4.79 Å². The Morgan fingerprint density at radius 3 is 2.63 bits per heavy atom. The number of rotatable bonds is 9. The van der Waals surface area contributed by atoms with Crippen molar-refractivity contribution >= 4 is 5.91 Å². The monoisotopic (exact) mass is 480 g/mol. The highest BCUT2D eigenvalue weighted by Crippen LogP contribution is 2.37. The van der Waals surface area contributed by atoms with Crippen molar-refractivity contribution in [1.82, 2.24) is 10.2 Å². The van der Waals surface area contributed by atoms with Crippen molar-refractivity contribution in [2.75, 3.05) is 46.6 Å². The first-order chi connectivity index (χ1) is 17.0. The number of hydrogen-bond acceptors (Lipinski definition) is 5. The van der Waals surface area contributed by atoms with Crippen LogP contribution >= 0.6 is 0 Å². The van der Waals surface area contributed by atoms with Crippen LogP contribution in [0.3, 0.4) is 0 Å². The zero-order chi connectivity index (χ0) is 24.8. The highest BCUT2D eigenvalue weighted by atomic mass is 16.5. The number of amides is 1. The second-order valence-corrected chi connectivity index (χ2v) is 9.93. The molecule has 1 saturated heterocycles. The molecule has 1 heterocycles. The van der Waals surface area contributed by atoms with Gasteiger partial charge in [0.15, 0.2) is 0 Å². The fraction of sp³-hybridized carbons (Fsp3) is 0.552. The van der Waals surface area contributed by atoms with Gasteiger partial charge in [-0.15, -0.1) is 0 Å². The summed E-state index contributed by atoms with van der Waals surface area (Å²) in [5.41, 5.74) is 6.46. The SMILES string of the molecule is COc1ccc(CNC(=O)[C@@H](C)[C@@H]2CCc3c(C)cc(OCCN4CCOCC4)c(C)c3C2)cc1. The molecule has 1 aliphatic heterocycles. The number of morpholine rings is 1. The standard InChI is InChI=1S/C29H40N2O4/c1-20-17-28(35-16-13-31-11-14-34-15-12-31)22(3)27-18-24(7-10-26(20)27)21(2)29(32)30-19-23-5-8-25(33-4)9-6-23/h5-6,8-9,17,21,24H,7,10-16,18-19H2,1-4H3,(H,30,32)/t21-,24+/m0/s1. The first-order valence-corrected chi connectivity index (χ1v) is 12.9. The van der Waals surface area contributed by atoms with Crippen molar-refractivity contribution in [2.24, 2.45) is 11.8 Å². The number of aryl methyl sites for hydroxylation is 1. The number of ether oxygens (including phenoxy) is 3.